The predicted octanol–water partition coefficient (Wildman–Crippen LogP) is 3.29. The zero-order chi connectivity index (χ0) is 23.3. The fourth-order valence-electron chi connectivity index (χ4n) is 4.48. The van der Waals surface area contributed by atoms with Crippen molar-refractivity contribution >= 4 is 27.4 Å². The molecule has 1 N–H and O–H groups in total. The summed E-state index contributed by atoms with van der Waals surface area (Å²) < 4.78 is 9.56. The predicted molar refractivity (Wildman–Crippen MR) is 130 cm³/mol. The van der Waals surface area contributed by atoms with Crippen LogP contribution in [0.2, 0.25) is 0 Å². The van der Waals surface area contributed by atoms with Gasteiger partial charge in [0.15, 0.2) is 11.6 Å². The first-order chi connectivity index (χ1) is 15.9. The third-order valence-corrected chi connectivity index (χ3v) is 7.59. The maximum atomic E-state index is 9.88. The molecule has 5 rings (SSSR count). The van der Waals surface area contributed by atoms with Gasteiger partial charge in [-0.3, -0.25) is 4.68 Å². The molecule has 174 valence electrons. The number of aliphatic hydroxyl groups is 1. The number of nitrogens with zero attached hydrogens (tertiary/aromatic N) is 7. The summed E-state index contributed by atoms with van der Waals surface area (Å²) >= 11 is 1.63. The second kappa shape index (κ2) is 8.51. The van der Waals surface area contributed by atoms with Crippen molar-refractivity contribution in [2.45, 2.75) is 32.9 Å². The first-order valence-corrected chi connectivity index (χ1v) is 12.0. The van der Waals surface area contributed by atoms with Crippen LogP contribution in [-0.4, -0.2) is 67.3 Å². The van der Waals surface area contributed by atoms with Crippen molar-refractivity contribution in [2.75, 3.05) is 31.7 Å². The van der Waals surface area contributed by atoms with E-state index in [4.69, 9.17) is 19.8 Å². The van der Waals surface area contributed by atoms with Gasteiger partial charge in [0.1, 0.15) is 16.3 Å². The maximum absolute atomic E-state index is 9.88. The molecule has 1 aliphatic rings. The quantitative estimate of drug-likeness (QED) is 0.465. The molecular formula is C23H29N7O2S. The van der Waals surface area contributed by atoms with Crippen LogP contribution in [0.1, 0.15) is 25.5 Å². The number of anilines is 1. The smallest absolute Gasteiger partial charge is 0.199 e. The van der Waals surface area contributed by atoms with E-state index in [1.54, 1.807) is 24.6 Å². The Morgan fingerprint density at radius 1 is 1.24 bits per heavy atom. The van der Waals surface area contributed by atoms with E-state index in [0.29, 0.717) is 25.0 Å². The zero-order valence-electron chi connectivity index (χ0n) is 19.6. The number of aromatic nitrogens is 6. The second-order valence-corrected chi connectivity index (χ2v) is 9.86. The Balaban J connectivity index is 1.69. The topological polar surface area (TPSA) is 94.1 Å². The van der Waals surface area contributed by atoms with Crippen LogP contribution >= 0.6 is 11.3 Å². The van der Waals surface area contributed by atoms with Crippen molar-refractivity contribution in [3.05, 3.63) is 30.2 Å². The number of imidazole rings is 1. The molecule has 1 fully saturated rings. The number of rotatable bonds is 6. The van der Waals surface area contributed by atoms with E-state index in [1.165, 1.54) is 0 Å². The molecule has 1 saturated heterocycles. The minimum atomic E-state index is -0.0446. The highest BCUT2D eigenvalue weighted by Gasteiger charge is 2.35. The molecule has 0 aromatic carbocycles. The molecule has 4 aromatic rings. The molecule has 33 heavy (non-hydrogen) atoms. The average molecular weight is 468 g/mol. The lowest BCUT2D eigenvalue weighted by molar-refractivity contribution is 0.0579. The number of thiophene rings is 1. The number of fused-ring (bicyclic) bond motifs is 1. The fraction of sp³-hybridized carbons (Fsp3) is 0.478. The number of methoxy groups -OCH3 is 1. The molecule has 4 aromatic heterocycles. The van der Waals surface area contributed by atoms with Gasteiger partial charge in [-0.2, -0.15) is 5.10 Å². The first kappa shape index (κ1) is 22.0. The molecule has 5 heterocycles. The Bertz CT molecular complexity index is 1280. The lowest BCUT2D eigenvalue weighted by Gasteiger charge is -2.19. The fourth-order valence-corrected chi connectivity index (χ4v) is 5.62. The van der Waals surface area contributed by atoms with E-state index in [2.05, 4.69) is 36.7 Å². The summed E-state index contributed by atoms with van der Waals surface area (Å²) in [5.41, 5.74) is 2.06. The normalized spacial score (nSPS) is 18.8. The Hall–Kier alpha value is -2.82. The molecule has 0 spiro atoms. The van der Waals surface area contributed by atoms with E-state index >= 15 is 0 Å². The van der Waals surface area contributed by atoms with Crippen LogP contribution in [0.5, 0.6) is 0 Å². The van der Waals surface area contributed by atoms with Crippen molar-refractivity contribution in [3.63, 3.8) is 0 Å². The van der Waals surface area contributed by atoms with Crippen LogP contribution in [0, 0.1) is 12.8 Å². The molecule has 0 amide bonds. The van der Waals surface area contributed by atoms with E-state index in [1.807, 2.05) is 28.7 Å². The van der Waals surface area contributed by atoms with Crippen molar-refractivity contribution in [1.29, 1.82) is 0 Å². The number of ether oxygens (including phenoxy) is 1. The second-order valence-electron chi connectivity index (χ2n) is 8.87. The van der Waals surface area contributed by atoms with Gasteiger partial charge < -0.3 is 19.3 Å². The lowest BCUT2D eigenvalue weighted by Crippen LogP contribution is -2.24. The number of aliphatic hydroxyl groups excluding tert-OH is 1. The molecule has 0 saturated carbocycles. The Morgan fingerprint density at radius 3 is 2.67 bits per heavy atom. The number of hydrogen-bond acceptors (Lipinski definition) is 8. The summed E-state index contributed by atoms with van der Waals surface area (Å²) in [5, 5.41) is 15.7. The third kappa shape index (κ3) is 3.71. The highest BCUT2D eigenvalue weighted by atomic mass is 32.1. The van der Waals surface area contributed by atoms with Crippen LogP contribution in [0.3, 0.4) is 0 Å². The molecule has 0 unspecified atom stereocenters. The molecule has 0 aliphatic carbocycles. The number of aryl methyl sites for hydroxylation is 2. The van der Waals surface area contributed by atoms with Gasteiger partial charge in [0, 0.05) is 57.8 Å². The van der Waals surface area contributed by atoms with E-state index in [-0.39, 0.29) is 18.6 Å². The highest BCUT2D eigenvalue weighted by molar-refractivity contribution is 7.22. The first-order valence-electron chi connectivity index (χ1n) is 11.1. The molecule has 2 atom stereocenters. The van der Waals surface area contributed by atoms with Crippen LogP contribution in [0.15, 0.2) is 24.7 Å². The van der Waals surface area contributed by atoms with E-state index in [0.717, 1.165) is 38.0 Å². The van der Waals surface area contributed by atoms with Crippen molar-refractivity contribution in [3.8, 4) is 22.2 Å². The van der Waals surface area contributed by atoms with Crippen LogP contribution in [-0.2, 0) is 11.8 Å². The van der Waals surface area contributed by atoms with Gasteiger partial charge in [-0.05, 0) is 32.4 Å². The Morgan fingerprint density at radius 2 is 2.06 bits per heavy atom. The largest absolute Gasteiger partial charge is 0.396 e. The van der Waals surface area contributed by atoms with Crippen LogP contribution in [0.4, 0.5) is 5.82 Å². The summed E-state index contributed by atoms with van der Waals surface area (Å²) in [7, 11) is 3.64. The van der Waals surface area contributed by atoms with Gasteiger partial charge in [-0.1, -0.05) is 0 Å². The minimum absolute atomic E-state index is 0.0387. The molecule has 10 heteroatoms. The molecule has 1 aliphatic heterocycles. The van der Waals surface area contributed by atoms with Crippen LogP contribution in [0.25, 0.3) is 32.4 Å². The Kier molecular flexibility index (Phi) is 5.67. The summed E-state index contributed by atoms with van der Waals surface area (Å²) in [6, 6.07) is 2.35. The lowest BCUT2D eigenvalue weighted by atomic mass is 10.1. The van der Waals surface area contributed by atoms with Crippen LogP contribution < -0.4 is 4.90 Å². The molecule has 0 bridgehead atoms. The van der Waals surface area contributed by atoms with E-state index in [9.17, 15) is 5.11 Å². The summed E-state index contributed by atoms with van der Waals surface area (Å²) in [5.74, 6) is 2.21. The molecule has 9 nitrogen and oxygen atoms in total. The third-order valence-electron chi connectivity index (χ3n) is 6.38. The highest BCUT2D eigenvalue weighted by Crippen LogP contribution is 2.42. The van der Waals surface area contributed by atoms with Crippen molar-refractivity contribution in [1.82, 2.24) is 29.3 Å². The standard InChI is InChI=1S/C23H29N7O2S/c1-13(2)30-8-6-16(27-30)19-14(3)18-21(29-10-15(12-31)17(11-29)32-5)25-20(26-23(18)33-19)22-24-7-9-28(22)4/h6-9,13,15,17,31H,10-12H2,1-5H3/t15-,17-/m0/s1. The minimum Gasteiger partial charge on any atom is -0.396 e. The Labute approximate surface area is 196 Å². The van der Waals surface area contributed by atoms with Crippen molar-refractivity contribution < 1.29 is 9.84 Å². The summed E-state index contributed by atoms with van der Waals surface area (Å²) in [4.78, 5) is 18.6. The zero-order valence-corrected chi connectivity index (χ0v) is 20.4. The summed E-state index contributed by atoms with van der Waals surface area (Å²) in [6.07, 6.45) is 5.62. The summed E-state index contributed by atoms with van der Waals surface area (Å²) in [6.45, 7) is 7.77. The van der Waals surface area contributed by atoms with Gasteiger partial charge in [0.2, 0.25) is 0 Å². The monoisotopic (exact) mass is 467 g/mol. The van der Waals surface area contributed by atoms with Gasteiger partial charge in [0.05, 0.1) is 23.0 Å². The van der Waals surface area contributed by atoms with Gasteiger partial charge in [-0.25, -0.2) is 15.0 Å². The SMILES string of the molecule is CO[C@H]1CN(c2nc(-c3nccn3C)nc3sc(-c4ccn(C(C)C)n4)c(C)c23)C[C@H]1CO. The van der Waals surface area contributed by atoms with Gasteiger partial charge in [0.25, 0.3) is 0 Å². The molecular weight excluding hydrogens is 438 g/mol. The molecule has 0 radical (unpaired) electrons. The number of hydrogen-bond donors (Lipinski definition) is 1. The average Bonchev–Trinajstić information content (AvgIpc) is 3.58. The van der Waals surface area contributed by atoms with Gasteiger partial charge >= 0.3 is 0 Å². The maximum Gasteiger partial charge on any atom is 0.199 e. The van der Waals surface area contributed by atoms with Gasteiger partial charge in [-0.15, -0.1) is 11.3 Å². The van der Waals surface area contributed by atoms with Crippen molar-refractivity contribution in [2.24, 2.45) is 13.0 Å². The van der Waals surface area contributed by atoms with E-state index < -0.39 is 0 Å².